The predicted molar refractivity (Wildman–Crippen MR) is 84.1 cm³/mol. The van der Waals surface area contributed by atoms with Crippen LogP contribution in [-0.4, -0.2) is 54.9 Å². The largest absolute Gasteiger partial charge is 0.573 e. The fourth-order valence-corrected chi connectivity index (χ4v) is 2.12. The number of aliphatic carboxylic acids is 1. The van der Waals surface area contributed by atoms with Crippen molar-refractivity contribution in [1.82, 2.24) is 10.2 Å². The van der Waals surface area contributed by atoms with Crippen LogP contribution < -0.4 is 10.1 Å². The van der Waals surface area contributed by atoms with E-state index in [1.807, 2.05) is 0 Å². The number of carbonyl (C=O) groups excluding carboxylic acids is 1. The molecule has 0 heterocycles. The number of ether oxygens (including phenoxy) is 1. The summed E-state index contributed by atoms with van der Waals surface area (Å²) in [6.45, 7) is 2.20. The molecule has 140 valence electrons. The molecule has 0 spiro atoms. The first-order valence-corrected chi connectivity index (χ1v) is 7.59. The third-order valence-electron chi connectivity index (χ3n) is 3.31. The monoisotopic (exact) mass is 362 g/mol. The van der Waals surface area contributed by atoms with Gasteiger partial charge in [0.05, 0.1) is 12.5 Å². The number of amides is 1. The number of benzene rings is 1. The van der Waals surface area contributed by atoms with Gasteiger partial charge in [-0.25, -0.2) is 0 Å². The number of alkyl halides is 3. The molecule has 0 saturated carbocycles. The molecule has 9 heteroatoms. The van der Waals surface area contributed by atoms with Crippen LogP contribution in [-0.2, 0) is 16.0 Å². The van der Waals surface area contributed by atoms with Crippen molar-refractivity contribution in [1.29, 1.82) is 0 Å². The third kappa shape index (κ3) is 8.94. The van der Waals surface area contributed by atoms with Crippen molar-refractivity contribution in [3.05, 3.63) is 29.8 Å². The molecule has 1 aromatic carbocycles. The number of halogens is 3. The highest BCUT2D eigenvalue weighted by Crippen LogP contribution is 2.22. The van der Waals surface area contributed by atoms with Crippen LogP contribution in [0.3, 0.4) is 0 Å². The van der Waals surface area contributed by atoms with Crippen molar-refractivity contribution in [2.75, 3.05) is 26.7 Å². The molecule has 25 heavy (non-hydrogen) atoms. The zero-order chi connectivity index (χ0) is 19.0. The third-order valence-corrected chi connectivity index (χ3v) is 3.31. The highest BCUT2D eigenvalue weighted by molar-refractivity contribution is 5.78. The predicted octanol–water partition coefficient (Wildman–Crippen LogP) is 1.90. The maximum absolute atomic E-state index is 12.1. The van der Waals surface area contributed by atoms with Crippen molar-refractivity contribution in [3.8, 4) is 5.75 Å². The first-order chi connectivity index (χ1) is 11.6. The van der Waals surface area contributed by atoms with E-state index < -0.39 is 18.2 Å². The highest BCUT2D eigenvalue weighted by Gasteiger charge is 2.30. The van der Waals surface area contributed by atoms with Gasteiger partial charge in [-0.3, -0.25) is 14.5 Å². The molecule has 0 fully saturated rings. The first-order valence-electron chi connectivity index (χ1n) is 7.59. The molecular formula is C16H21F3N2O4. The van der Waals surface area contributed by atoms with E-state index in [9.17, 15) is 22.8 Å². The van der Waals surface area contributed by atoms with Crippen LogP contribution in [0, 0.1) is 5.92 Å². The average Bonchev–Trinajstić information content (AvgIpc) is 2.47. The number of hydrogen-bond acceptors (Lipinski definition) is 4. The Morgan fingerprint density at radius 3 is 2.40 bits per heavy atom. The van der Waals surface area contributed by atoms with Gasteiger partial charge in [0, 0.05) is 13.1 Å². The Morgan fingerprint density at radius 1 is 1.28 bits per heavy atom. The van der Waals surface area contributed by atoms with Gasteiger partial charge in [0.15, 0.2) is 0 Å². The number of carbonyl (C=O) groups is 2. The van der Waals surface area contributed by atoms with Gasteiger partial charge in [-0.15, -0.1) is 13.2 Å². The van der Waals surface area contributed by atoms with E-state index in [4.69, 9.17) is 5.11 Å². The van der Waals surface area contributed by atoms with Gasteiger partial charge in [-0.05, 0) is 31.2 Å². The summed E-state index contributed by atoms with van der Waals surface area (Å²) >= 11 is 0. The summed E-state index contributed by atoms with van der Waals surface area (Å²) in [6, 6.07) is 5.42. The summed E-state index contributed by atoms with van der Waals surface area (Å²) in [5.41, 5.74) is 0.752. The van der Waals surface area contributed by atoms with E-state index in [2.05, 4.69) is 10.1 Å². The van der Waals surface area contributed by atoms with Gasteiger partial charge in [0.1, 0.15) is 5.75 Å². The SMILES string of the molecule is CC(CN(C)CC(=O)NCCc1ccc(OC(F)(F)F)cc1)C(=O)O. The number of hydrogen-bond donors (Lipinski definition) is 2. The molecule has 0 aliphatic carbocycles. The van der Waals surface area contributed by atoms with Crippen LogP contribution in [0.1, 0.15) is 12.5 Å². The van der Waals surface area contributed by atoms with Crippen LogP contribution >= 0.6 is 0 Å². The van der Waals surface area contributed by atoms with Gasteiger partial charge >= 0.3 is 12.3 Å². The number of rotatable bonds is 9. The summed E-state index contributed by atoms with van der Waals surface area (Å²) in [5, 5.41) is 11.5. The van der Waals surface area contributed by atoms with Crippen LogP contribution in [0.5, 0.6) is 5.75 Å². The second-order valence-electron chi connectivity index (χ2n) is 5.73. The Kier molecular flexibility index (Phi) is 7.69. The van der Waals surface area contributed by atoms with Gasteiger partial charge in [-0.2, -0.15) is 0 Å². The molecule has 1 unspecified atom stereocenters. The number of nitrogens with one attached hydrogen (secondary N) is 1. The van der Waals surface area contributed by atoms with Gasteiger partial charge in [0.2, 0.25) is 5.91 Å². The van der Waals surface area contributed by atoms with E-state index in [1.165, 1.54) is 24.3 Å². The summed E-state index contributed by atoms with van der Waals surface area (Å²) in [7, 11) is 1.65. The Labute approximate surface area is 143 Å². The lowest BCUT2D eigenvalue weighted by molar-refractivity contribution is -0.274. The Hall–Kier alpha value is -2.29. The molecule has 0 saturated heterocycles. The quantitative estimate of drug-likeness (QED) is 0.702. The molecule has 0 aliphatic heterocycles. The number of carboxylic acids is 1. The molecular weight excluding hydrogens is 341 g/mol. The fraction of sp³-hybridized carbons (Fsp3) is 0.500. The summed E-state index contributed by atoms with van der Waals surface area (Å²) < 4.78 is 39.9. The molecule has 6 nitrogen and oxygen atoms in total. The molecule has 1 amide bonds. The number of nitrogens with zero attached hydrogens (tertiary/aromatic N) is 1. The Morgan fingerprint density at radius 2 is 1.88 bits per heavy atom. The highest BCUT2D eigenvalue weighted by atomic mass is 19.4. The molecule has 2 N–H and O–H groups in total. The topological polar surface area (TPSA) is 78.9 Å². The van der Waals surface area contributed by atoms with Crippen LogP contribution in [0.25, 0.3) is 0 Å². The maximum atomic E-state index is 12.1. The van der Waals surface area contributed by atoms with Gasteiger partial charge in [-0.1, -0.05) is 19.1 Å². The maximum Gasteiger partial charge on any atom is 0.573 e. The Bertz CT molecular complexity index is 576. The van der Waals surface area contributed by atoms with Crippen molar-refractivity contribution < 1.29 is 32.6 Å². The zero-order valence-electron chi connectivity index (χ0n) is 14.0. The molecule has 1 aromatic rings. The summed E-state index contributed by atoms with van der Waals surface area (Å²) in [5.74, 6) is -2.05. The number of carboxylic acid groups (broad SMARTS) is 1. The van der Waals surface area contributed by atoms with Crippen molar-refractivity contribution in [2.24, 2.45) is 5.92 Å². The fourth-order valence-electron chi connectivity index (χ4n) is 2.12. The van der Waals surface area contributed by atoms with Gasteiger partial charge in [0.25, 0.3) is 0 Å². The average molecular weight is 362 g/mol. The van der Waals surface area contributed by atoms with Crippen molar-refractivity contribution in [2.45, 2.75) is 19.7 Å². The zero-order valence-corrected chi connectivity index (χ0v) is 14.0. The lowest BCUT2D eigenvalue weighted by atomic mass is 10.1. The van der Waals surface area contributed by atoms with E-state index in [0.717, 1.165) is 5.56 Å². The molecule has 0 aromatic heterocycles. The summed E-state index contributed by atoms with van der Waals surface area (Å²) in [4.78, 5) is 24.1. The molecule has 0 radical (unpaired) electrons. The molecule has 0 bridgehead atoms. The van der Waals surface area contributed by atoms with Crippen LogP contribution in [0.15, 0.2) is 24.3 Å². The molecule has 1 atom stereocenters. The lowest BCUT2D eigenvalue weighted by Gasteiger charge is -2.18. The van der Waals surface area contributed by atoms with Gasteiger partial charge < -0.3 is 15.2 Å². The second-order valence-corrected chi connectivity index (χ2v) is 5.73. The lowest BCUT2D eigenvalue weighted by Crippen LogP contribution is -2.38. The number of likely N-dealkylation sites (N-methyl/N-ethyl adjacent to an activating group) is 1. The van der Waals surface area contributed by atoms with E-state index >= 15 is 0 Å². The van der Waals surface area contributed by atoms with Crippen LogP contribution in [0.2, 0.25) is 0 Å². The minimum absolute atomic E-state index is 0.0655. The molecule has 1 rings (SSSR count). The normalized spacial score (nSPS) is 12.7. The first kappa shape index (κ1) is 20.8. The van der Waals surface area contributed by atoms with Crippen molar-refractivity contribution >= 4 is 11.9 Å². The second kappa shape index (κ2) is 9.26. The van der Waals surface area contributed by atoms with E-state index in [-0.39, 0.29) is 24.7 Å². The van der Waals surface area contributed by atoms with E-state index in [0.29, 0.717) is 13.0 Å². The molecule has 0 aliphatic rings. The van der Waals surface area contributed by atoms with Crippen LogP contribution in [0.4, 0.5) is 13.2 Å². The smallest absolute Gasteiger partial charge is 0.481 e. The minimum atomic E-state index is -4.72. The standard InChI is InChI=1S/C16H21F3N2O4/c1-11(15(23)24)9-21(2)10-14(22)20-8-7-12-3-5-13(6-4-12)25-16(17,18)19/h3-6,11H,7-10H2,1-2H3,(H,20,22)(H,23,24). The van der Waals surface area contributed by atoms with E-state index in [1.54, 1.807) is 18.9 Å². The minimum Gasteiger partial charge on any atom is -0.481 e. The summed E-state index contributed by atoms with van der Waals surface area (Å²) in [6.07, 6.45) is -4.27. The van der Waals surface area contributed by atoms with Crippen molar-refractivity contribution in [3.63, 3.8) is 0 Å². The Balaban J connectivity index is 2.32.